The summed E-state index contributed by atoms with van der Waals surface area (Å²) in [5.74, 6) is -0.760. The van der Waals surface area contributed by atoms with E-state index >= 15 is 0 Å². The number of anilines is 1. The molecule has 1 heterocycles. The van der Waals surface area contributed by atoms with Crippen molar-refractivity contribution >= 4 is 21.6 Å². The molecule has 2 aromatic rings. The fourth-order valence-corrected chi connectivity index (χ4v) is 4.90. The van der Waals surface area contributed by atoms with Crippen molar-refractivity contribution in [1.29, 1.82) is 0 Å². The van der Waals surface area contributed by atoms with Gasteiger partial charge in [-0.15, -0.1) is 0 Å². The maximum Gasteiger partial charge on any atom is 0.418 e. The highest BCUT2D eigenvalue weighted by atomic mass is 32.2. The molecule has 0 spiro atoms. The summed E-state index contributed by atoms with van der Waals surface area (Å²) in [7, 11) is -3.90. The molecule has 1 aliphatic rings. The Morgan fingerprint density at radius 3 is 2.43 bits per heavy atom. The zero-order chi connectivity index (χ0) is 21.9. The summed E-state index contributed by atoms with van der Waals surface area (Å²) in [5, 5.41) is 2.22. The van der Waals surface area contributed by atoms with Gasteiger partial charge in [-0.2, -0.15) is 17.5 Å². The molecule has 6 nitrogen and oxygen atoms in total. The number of nitrogens with zero attached hydrogens (tertiary/aromatic N) is 1. The van der Waals surface area contributed by atoms with Gasteiger partial charge in [-0.05, 0) is 50.1 Å². The predicted molar refractivity (Wildman–Crippen MR) is 105 cm³/mol. The number of rotatable bonds is 6. The number of amides is 1. The lowest BCUT2D eigenvalue weighted by molar-refractivity contribution is -0.136. The summed E-state index contributed by atoms with van der Waals surface area (Å²) in [5.41, 5.74) is -1.49. The number of benzene rings is 2. The lowest BCUT2D eigenvalue weighted by Gasteiger charge is -2.19. The van der Waals surface area contributed by atoms with Gasteiger partial charge in [-0.3, -0.25) is 4.79 Å². The van der Waals surface area contributed by atoms with Gasteiger partial charge in [0, 0.05) is 18.7 Å². The van der Waals surface area contributed by atoms with Crippen LogP contribution in [-0.2, 0) is 16.2 Å². The minimum absolute atomic E-state index is 0.0896. The van der Waals surface area contributed by atoms with Gasteiger partial charge in [0.15, 0.2) is 0 Å². The normalized spacial score (nSPS) is 15.2. The van der Waals surface area contributed by atoms with Crippen LogP contribution in [0.25, 0.3) is 0 Å². The maximum absolute atomic E-state index is 13.2. The Morgan fingerprint density at radius 1 is 1.13 bits per heavy atom. The topological polar surface area (TPSA) is 75.7 Å². The molecular formula is C20H21F3N2O4S. The Labute approximate surface area is 172 Å². The quantitative estimate of drug-likeness (QED) is 0.730. The highest BCUT2D eigenvalue weighted by Gasteiger charge is 2.34. The third-order valence-electron chi connectivity index (χ3n) is 4.67. The minimum Gasteiger partial charge on any atom is -0.492 e. The van der Waals surface area contributed by atoms with E-state index in [1.54, 1.807) is 6.92 Å². The Balaban J connectivity index is 1.97. The van der Waals surface area contributed by atoms with E-state index in [2.05, 4.69) is 5.32 Å². The molecule has 162 valence electrons. The van der Waals surface area contributed by atoms with Gasteiger partial charge in [-0.1, -0.05) is 12.1 Å². The lowest BCUT2D eigenvalue weighted by Crippen LogP contribution is -2.28. The summed E-state index contributed by atoms with van der Waals surface area (Å²) in [6, 6.07) is 8.39. The van der Waals surface area contributed by atoms with E-state index in [0.29, 0.717) is 13.1 Å². The van der Waals surface area contributed by atoms with Gasteiger partial charge in [0.05, 0.1) is 17.9 Å². The summed E-state index contributed by atoms with van der Waals surface area (Å²) < 4.78 is 72.3. The number of nitrogens with one attached hydrogen (secondary N) is 1. The van der Waals surface area contributed by atoms with Crippen molar-refractivity contribution in [3.63, 3.8) is 0 Å². The van der Waals surface area contributed by atoms with Crippen molar-refractivity contribution in [2.45, 2.75) is 30.8 Å². The summed E-state index contributed by atoms with van der Waals surface area (Å²) in [6.45, 7) is 2.64. The number of para-hydroxylation sites is 1. The third-order valence-corrected chi connectivity index (χ3v) is 6.59. The number of halogens is 3. The number of hydrogen-bond donors (Lipinski definition) is 1. The fourth-order valence-electron chi connectivity index (χ4n) is 3.23. The largest absolute Gasteiger partial charge is 0.492 e. The molecule has 1 aliphatic heterocycles. The highest BCUT2D eigenvalue weighted by Crippen LogP contribution is 2.35. The van der Waals surface area contributed by atoms with E-state index in [4.69, 9.17) is 4.74 Å². The summed E-state index contributed by atoms with van der Waals surface area (Å²) in [6.07, 6.45) is -3.18. The van der Waals surface area contributed by atoms with Gasteiger partial charge in [-0.25, -0.2) is 8.42 Å². The number of carbonyl (C=O) groups is 1. The molecule has 0 radical (unpaired) electrons. The SMILES string of the molecule is CCOc1ccc(C(=O)Nc2ccccc2C(F)(F)F)cc1S(=O)(=O)N1CCCC1. The first-order valence-electron chi connectivity index (χ1n) is 9.39. The molecule has 0 aliphatic carbocycles. The third kappa shape index (κ3) is 4.59. The van der Waals surface area contributed by atoms with Crippen LogP contribution < -0.4 is 10.1 Å². The van der Waals surface area contributed by atoms with Crippen LogP contribution >= 0.6 is 0 Å². The molecule has 1 fully saturated rings. The maximum atomic E-state index is 13.2. The summed E-state index contributed by atoms with van der Waals surface area (Å²) in [4.78, 5) is 12.5. The van der Waals surface area contributed by atoms with E-state index in [-0.39, 0.29) is 22.8 Å². The second-order valence-electron chi connectivity index (χ2n) is 6.70. The molecule has 1 saturated heterocycles. The molecule has 1 amide bonds. The van der Waals surface area contributed by atoms with Crippen molar-refractivity contribution in [3.8, 4) is 5.75 Å². The molecule has 0 atom stereocenters. The van der Waals surface area contributed by atoms with E-state index in [0.717, 1.165) is 31.0 Å². The Kier molecular flexibility index (Phi) is 6.37. The predicted octanol–water partition coefficient (Wildman–Crippen LogP) is 4.14. The van der Waals surface area contributed by atoms with Crippen molar-refractivity contribution in [2.24, 2.45) is 0 Å². The van der Waals surface area contributed by atoms with Crippen LogP contribution in [0.3, 0.4) is 0 Å². The van der Waals surface area contributed by atoms with Crippen molar-refractivity contribution in [1.82, 2.24) is 4.31 Å². The number of ether oxygens (including phenoxy) is 1. The first-order chi connectivity index (χ1) is 14.1. The van der Waals surface area contributed by atoms with Crippen molar-refractivity contribution < 1.29 is 31.1 Å². The molecule has 3 rings (SSSR count). The zero-order valence-corrected chi connectivity index (χ0v) is 17.0. The fraction of sp³-hybridized carbons (Fsp3) is 0.350. The molecular weight excluding hydrogens is 421 g/mol. The van der Waals surface area contributed by atoms with E-state index in [1.807, 2.05) is 0 Å². The monoisotopic (exact) mass is 442 g/mol. The molecule has 30 heavy (non-hydrogen) atoms. The average Bonchev–Trinajstić information content (AvgIpc) is 3.24. The number of alkyl halides is 3. The zero-order valence-electron chi connectivity index (χ0n) is 16.2. The lowest BCUT2D eigenvalue weighted by atomic mass is 10.1. The smallest absolute Gasteiger partial charge is 0.418 e. The van der Waals surface area contributed by atoms with Crippen LogP contribution in [-0.4, -0.2) is 38.3 Å². The average molecular weight is 442 g/mol. The number of sulfonamides is 1. The first-order valence-corrected chi connectivity index (χ1v) is 10.8. The highest BCUT2D eigenvalue weighted by molar-refractivity contribution is 7.89. The van der Waals surface area contributed by atoms with Gasteiger partial charge in [0.1, 0.15) is 10.6 Å². The van der Waals surface area contributed by atoms with E-state index < -0.39 is 33.4 Å². The minimum atomic E-state index is -4.65. The van der Waals surface area contributed by atoms with Gasteiger partial charge in [0.25, 0.3) is 5.91 Å². The van der Waals surface area contributed by atoms with Crippen LogP contribution in [0.15, 0.2) is 47.4 Å². The standard InChI is InChI=1S/C20H21F3N2O4S/c1-2-29-17-10-9-14(13-18(17)30(27,28)25-11-5-6-12-25)19(26)24-16-8-4-3-7-15(16)20(21,22)23/h3-4,7-10,13H,2,5-6,11-12H2,1H3,(H,24,26). The molecule has 0 unspecified atom stereocenters. The van der Waals surface area contributed by atoms with Gasteiger partial charge < -0.3 is 10.1 Å². The number of carbonyl (C=O) groups excluding carboxylic acids is 1. The molecule has 0 saturated carbocycles. The van der Waals surface area contributed by atoms with E-state index in [9.17, 15) is 26.4 Å². The van der Waals surface area contributed by atoms with Crippen molar-refractivity contribution in [2.75, 3.05) is 25.0 Å². The second-order valence-corrected chi connectivity index (χ2v) is 8.61. The van der Waals surface area contributed by atoms with Crippen LogP contribution in [0.4, 0.5) is 18.9 Å². The molecule has 0 aromatic heterocycles. The first kappa shape index (κ1) is 22.1. The van der Waals surface area contributed by atoms with E-state index in [1.165, 1.54) is 28.6 Å². The number of hydrogen-bond acceptors (Lipinski definition) is 4. The van der Waals surface area contributed by atoms with Crippen LogP contribution in [0.2, 0.25) is 0 Å². The van der Waals surface area contributed by atoms with Gasteiger partial charge in [0.2, 0.25) is 10.0 Å². The molecule has 2 aromatic carbocycles. The Hall–Kier alpha value is -2.59. The Morgan fingerprint density at radius 2 is 1.80 bits per heavy atom. The van der Waals surface area contributed by atoms with Gasteiger partial charge >= 0.3 is 6.18 Å². The van der Waals surface area contributed by atoms with Crippen molar-refractivity contribution in [3.05, 3.63) is 53.6 Å². The van der Waals surface area contributed by atoms with Crippen LogP contribution in [0.5, 0.6) is 5.75 Å². The van der Waals surface area contributed by atoms with Crippen LogP contribution in [0, 0.1) is 0 Å². The molecule has 10 heteroatoms. The Bertz CT molecular complexity index is 1030. The second kappa shape index (κ2) is 8.65. The molecule has 0 bridgehead atoms. The molecule has 1 N–H and O–H groups in total. The van der Waals surface area contributed by atoms with Crippen LogP contribution in [0.1, 0.15) is 35.7 Å². The summed E-state index contributed by atoms with van der Waals surface area (Å²) >= 11 is 0.